The number of rotatable bonds is 6. The predicted molar refractivity (Wildman–Crippen MR) is 76.0 cm³/mol. The first-order chi connectivity index (χ1) is 9.37. The summed E-state index contributed by atoms with van der Waals surface area (Å²) in [5.74, 6) is 1.34. The van der Waals surface area contributed by atoms with E-state index in [2.05, 4.69) is 20.8 Å². The minimum Gasteiger partial charge on any atom is -0.389 e. The van der Waals surface area contributed by atoms with Gasteiger partial charge >= 0.3 is 0 Å². The van der Waals surface area contributed by atoms with Crippen molar-refractivity contribution < 1.29 is 14.9 Å². The van der Waals surface area contributed by atoms with Crippen LogP contribution in [0.5, 0.6) is 0 Å². The summed E-state index contributed by atoms with van der Waals surface area (Å²) in [6.45, 7) is 6.43. The van der Waals surface area contributed by atoms with E-state index in [4.69, 9.17) is 4.74 Å². The average Bonchev–Trinajstić information content (AvgIpc) is 2.32. The molecule has 2 N–H and O–H groups in total. The second kappa shape index (κ2) is 3.61. The topological polar surface area (TPSA) is 49.7 Å². The zero-order valence-electron chi connectivity index (χ0n) is 13.0. The lowest BCUT2D eigenvalue weighted by atomic mass is 9.15. The van der Waals surface area contributed by atoms with Crippen LogP contribution in [0.3, 0.4) is 0 Å². The fourth-order valence-electron chi connectivity index (χ4n) is 6.58. The van der Waals surface area contributed by atoms with Crippen LogP contribution < -0.4 is 0 Å². The van der Waals surface area contributed by atoms with Crippen molar-refractivity contribution in [2.24, 2.45) is 22.7 Å². The molecule has 114 valence electrons. The molecule has 0 heterocycles. The minimum atomic E-state index is -0.686. The largest absolute Gasteiger partial charge is 0.389 e. The molecule has 0 amide bonds. The summed E-state index contributed by atoms with van der Waals surface area (Å²) in [7, 11) is 0. The second-order valence-electron chi connectivity index (χ2n) is 8.34. The van der Waals surface area contributed by atoms with Crippen LogP contribution in [0, 0.1) is 22.7 Å². The Balaban J connectivity index is 1.51. The Morgan fingerprint density at radius 1 is 1.30 bits per heavy atom. The fourth-order valence-corrected chi connectivity index (χ4v) is 6.58. The van der Waals surface area contributed by atoms with Gasteiger partial charge in [-0.25, -0.2) is 0 Å². The molecule has 0 aromatic rings. The van der Waals surface area contributed by atoms with Crippen molar-refractivity contribution in [3.63, 3.8) is 0 Å². The monoisotopic (exact) mass is 280 g/mol. The zero-order valence-corrected chi connectivity index (χ0v) is 13.0. The van der Waals surface area contributed by atoms with E-state index in [0.29, 0.717) is 11.8 Å². The average molecular weight is 280 g/mol. The predicted octanol–water partition coefficient (Wildman–Crippen LogP) is 2.84. The number of hydrogen-bond donors (Lipinski definition) is 2. The number of hydrogen-bond acceptors (Lipinski definition) is 3. The van der Waals surface area contributed by atoms with Crippen molar-refractivity contribution in [2.45, 2.75) is 83.2 Å². The van der Waals surface area contributed by atoms with Gasteiger partial charge in [0, 0.05) is 17.3 Å². The Bertz CT molecular complexity index is 446. The smallest absolute Gasteiger partial charge is 0.160 e. The maximum absolute atomic E-state index is 10.7. The molecule has 20 heavy (non-hydrogen) atoms. The van der Waals surface area contributed by atoms with E-state index < -0.39 is 11.9 Å². The lowest BCUT2D eigenvalue weighted by Crippen LogP contribution is -2.97. The lowest BCUT2D eigenvalue weighted by Gasteiger charge is -2.93. The van der Waals surface area contributed by atoms with Crippen LogP contribution in [0.1, 0.15) is 65.7 Å². The van der Waals surface area contributed by atoms with Crippen LogP contribution in [0.15, 0.2) is 0 Å². The van der Waals surface area contributed by atoms with Gasteiger partial charge in [0.2, 0.25) is 0 Å². The van der Waals surface area contributed by atoms with Gasteiger partial charge in [-0.1, -0.05) is 27.2 Å². The van der Waals surface area contributed by atoms with Gasteiger partial charge in [0.05, 0.1) is 11.2 Å². The van der Waals surface area contributed by atoms with Gasteiger partial charge in [0.25, 0.3) is 0 Å². The van der Waals surface area contributed by atoms with Gasteiger partial charge in [-0.15, -0.1) is 0 Å². The van der Waals surface area contributed by atoms with Crippen LogP contribution in [-0.2, 0) is 4.74 Å². The molecular weight excluding hydrogens is 252 g/mol. The summed E-state index contributed by atoms with van der Waals surface area (Å²) in [5, 5.41) is 21.3. The normalized spacial score (nSPS) is 55.0. The summed E-state index contributed by atoms with van der Waals surface area (Å²) < 4.78 is 6.27. The van der Waals surface area contributed by atoms with E-state index in [9.17, 15) is 10.2 Å². The summed E-state index contributed by atoms with van der Waals surface area (Å²) in [6.07, 6.45) is 6.39. The Labute approximate surface area is 121 Å². The molecule has 3 nitrogen and oxygen atoms in total. The highest BCUT2D eigenvalue weighted by atomic mass is 16.6. The van der Waals surface area contributed by atoms with E-state index in [1.807, 2.05) is 0 Å². The Morgan fingerprint density at radius 3 is 2.50 bits per heavy atom. The van der Waals surface area contributed by atoms with E-state index in [0.717, 1.165) is 38.5 Å². The lowest BCUT2D eigenvalue weighted by molar-refractivity contribution is -0.528. The van der Waals surface area contributed by atoms with E-state index >= 15 is 0 Å². The van der Waals surface area contributed by atoms with Crippen molar-refractivity contribution in [3.8, 4) is 0 Å². The van der Waals surface area contributed by atoms with Gasteiger partial charge in [-0.05, 0) is 43.9 Å². The van der Waals surface area contributed by atoms with Crippen molar-refractivity contribution in [1.29, 1.82) is 0 Å². The molecule has 0 aromatic heterocycles. The Kier molecular flexibility index (Phi) is 2.44. The van der Waals surface area contributed by atoms with Crippen LogP contribution in [-0.4, -0.2) is 27.7 Å². The molecular formula is C17H28O3. The minimum absolute atomic E-state index is 0.0574. The second-order valence-corrected chi connectivity index (χ2v) is 8.34. The van der Waals surface area contributed by atoms with Gasteiger partial charge < -0.3 is 14.9 Å². The molecule has 7 atom stereocenters. The SMILES string of the molecule is CCCC(C)(CC)C(O)OC12CC3CC4CC(O)(C1)C432. The molecule has 7 unspecified atom stereocenters. The maximum Gasteiger partial charge on any atom is 0.160 e. The fraction of sp³-hybridized carbons (Fsp3) is 1.00. The van der Waals surface area contributed by atoms with Crippen LogP contribution in [0.2, 0.25) is 0 Å². The highest BCUT2D eigenvalue weighted by molar-refractivity contribution is 5.44. The molecule has 4 aliphatic rings. The summed E-state index contributed by atoms with van der Waals surface area (Å²) >= 11 is 0. The van der Waals surface area contributed by atoms with Gasteiger partial charge in [-0.3, -0.25) is 0 Å². The van der Waals surface area contributed by atoms with Crippen molar-refractivity contribution in [3.05, 3.63) is 0 Å². The molecule has 4 rings (SSSR count). The Morgan fingerprint density at radius 2 is 2.00 bits per heavy atom. The first kappa shape index (κ1) is 13.5. The van der Waals surface area contributed by atoms with Crippen LogP contribution >= 0.6 is 0 Å². The van der Waals surface area contributed by atoms with Gasteiger partial charge in [0.15, 0.2) is 6.29 Å². The Hall–Kier alpha value is -0.120. The summed E-state index contributed by atoms with van der Waals surface area (Å²) in [4.78, 5) is 0. The van der Waals surface area contributed by atoms with Crippen LogP contribution in [0.25, 0.3) is 0 Å². The van der Waals surface area contributed by atoms with E-state index in [1.165, 1.54) is 6.42 Å². The molecule has 0 radical (unpaired) electrons. The maximum atomic E-state index is 10.7. The number of aliphatic hydroxyl groups is 2. The highest BCUT2D eigenvalue weighted by Gasteiger charge is 2.95. The van der Waals surface area contributed by atoms with E-state index in [1.54, 1.807) is 0 Å². The third kappa shape index (κ3) is 1.11. The van der Waals surface area contributed by atoms with Crippen LogP contribution in [0.4, 0.5) is 0 Å². The van der Waals surface area contributed by atoms with Crippen molar-refractivity contribution in [1.82, 2.24) is 0 Å². The van der Waals surface area contributed by atoms with Gasteiger partial charge in [-0.2, -0.15) is 0 Å². The molecule has 0 aromatic carbocycles. The molecule has 1 spiro atoms. The number of ether oxygens (including phenoxy) is 1. The molecule has 0 aliphatic heterocycles. The first-order valence-electron chi connectivity index (χ1n) is 8.46. The van der Waals surface area contributed by atoms with Crippen molar-refractivity contribution >= 4 is 0 Å². The quantitative estimate of drug-likeness (QED) is 0.736. The standard InChI is InChI=1S/C17H28O3/c1-4-6-14(3,5-2)13(18)20-16-9-12-7-11-8-15(19,10-16)17(11,12)16/h11-13,18-19H,4-10H2,1-3H3. The molecule has 0 saturated heterocycles. The van der Waals surface area contributed by atoms with Gasteiger partial charge in [0.1, 0.15) is 0 Å². The first-order valence-corrected chi connectivity index (χ1v) is 8.46. The molecule has 4 aliphatic carbocycles. The summed E-state index contributed by atoms with van der Waals surface area (Å²) in [6, 6.07) is 0. The zero-order chi connectivity index (χ0) is 14.4. The molecule has 0 bridgehead atoms. The summed E-state index contributed by atoms with van der Waals surface area (Å²) in [5.41, 5.74) is -0.715. The third-order valence-corrected chi connectivity index (χ3v) is 7.68. The molecule has 4 fully saturated rings. The number of aliphatic hydroxyl groups excluding tert-OH is 1. The van der Waals surface area contributed by atoms with Crippen molar-refractivity contribution in [2.75, 3.05) is 0 Å². The third-order valence-electron chi connectivity index (χ3n) is 7.68. The molecule has 4 saturated carbocycles. The highest BCUT2D eigenvalue weighted by Crippen LogP contribution is 2.91. The molecule has 3 heteroatoms. The van der Waals surface area contributed by atoms with E-state index in [-0.39, 0.29) is 16.4 Å².